The minimum atomic E-state index is 0.259. The molecule has 118 valence electrons. The van der Waals surface area contributed by atoms with Gasteiger partial charge in [0.15, 0.2) is 0 Å². The monoisotopic (exact) mass is 281 g/mol. The highest BCUT2D eigenvalue weighted by molar-refractivity contribution is 4.92. The maximum absolute atomic E-state index is 3.70. The first kappa shape index (κ1) is 16.3. The summed E-state index contributed by atoms with van der Waals surface area (Å²) in [6.45, 7) is 20.2. The van der Waals surface area contributed by atoms with Crippen LogP contribution in [0.15, 0.2) is 0 Å². The first-order valence-corrected chi connectivity index (χ1v) is 8.38. The van der Waals surface area contributed by atoms with Crippen LogP contribution < -0.4 is 5.32 Å². The molecule has 0 saturated carbocycles. The molecular weight excluding hydrogens is 246 g/mol. The van der Waals surface area contributed by atoms with E-state index in [4.69, 9.17) is 0 Å². The van der Waals surface area contributed by atoms with Crippen LogP contribution >= 0.6 is 0 Å². The van der Waals surface area contributed by atoms with Gasteiger partial charge in [-0.05, 0) is 73.4 Å². The first-order valence-electron chi connectivity index (χ1n) is 8.38. The van der Waals surface area contributed by atoms with Crippen LogP contribution in [0.25, 0.3) is 0 Å². The van der Waals surface area contributed by atoms with Crippen molar-refractivity contribution in [2.45, 2.75) is 71.5 Å². The van der Waals surface area contributed by atoms with Gasteiger partial charge in [-0.1, -0.05) is 0 Å². The molecule has 0 aromatic rings. The molecule has 3 heteroatoms. The summed E-state index contributed by atoms with van der Waals surface area (Å²) in [5, 5.41) is 3.70. The average molecular weight is 281 g/mol. The van der Waals surface area contributed by atoms with Crippen LogP contribution in [0, 0.1) is 5.92 Å². The summed E-state index contributed by atoms with van der Waals surface area (Å²) >= 11 is 0. The summed E-state index contributed by atoms with van der Waals surface area (Å²) < 4.78 is 0. The predicted molar refractivity (Wildman–Crippen MR) is 87.2 cm³/mol. The summed E-state index contributed by atoms with van der Waals surface area (Å²) in [7, 11) is 0. The van der Waals surface area contributed by atoms with Gasteiger partial charge in [0.2, 0.25) is 0 Å². The third-order valence-corrected chi connectivity index (χ3v) is 4.67. The van der Waals surface area contributed by atoms with E-state index in [1.54, 1.807) is 0 Å². The van der Waals surface area contributed by atoms with Crippen LogP contribution in [-0.2, 0) is 0 Å². The summed E-state index contributed by atoms with van der Waals surface area (Å²) in [6.07, 6.45) is 2.76. The minimum absolute atomic E-state index is 0.259. The largest absolute Gasteiger partial charge is 0.307 e. The third kappa shape index (κ3) is 4.71. The molecule has 0 amide bonds. The molecule has 0 spiro atoms. The minimum Gasteiger partial charge on any atom is -0.307 e. The Kier molecular flexibility index (Phi) is 4.83. The van der Waals surface area contributed by atoms with Crippen LogP contribution in [0.5, 0.6) is 0 Å². The van der Waals surface area contributed by atoms with Gasteiger partial charge in [-0.3, -0.25) is 9.80 Å². The number of likely N-dealkylation sites (tertiary alicyclic amines) is 2. The molecule has 2 fully saturated rings. The molecule has 20 heavy (non-hydrogen) atoms. The Morgan fingerprint density at radius 3 is 1.95 bits per heavy atom. The lowest BCUT2D eigenvalue weighted by molar-refractivity contribution is 0.0468. The number of hydrogen-bond acceptors (Lipinski definition) is 3. The van der Waals surface area contributed by atoms with Gasteiger partial charge >= 0.3 is 0 Å². The third-order valence-electron chi connectivity index (χ3n) is 4.67. The zero-order valence-corrected chi connectivity index (χ0v) is 14.5. The molecule has 0 radical (unpaired) electrons. The SMILES string of the molecule is CC(C)(C)NC1CN(CC2CCN(C(C)(C)C)CC2)C1. The van der Waals surface area contributed by atoms with Gasteiger partial charge in [0.05, 0.1) is 0 Å². The van der Waals surface area contributed by atoms with E-state index in [0.717, 1.165) is 5.92 Å². The van der Waals surface area contributed by atoms with E-state index in [1.165, 1.54) is 45.6 Å². The molecule has 0 aromatic heterocycles. The second kappa shape index (κ2) is 5.94. The topological polar surface area (TPSA) is 18.5 Å². The van der Waals surface area contributed by atoms with Gasteiger partial charge in [-0.25, -0.2) is 0 Å². The Morgan fingerprint density at radius 2 is 1.50 bits per heavy atom. The maximum atomic E-state index is 3.70. The lowest BCUT2D eigenvalue weighted by atomic mass is 9.91. The second-order valence-electron chi connectivity index (χ2n) is 8.91. The van der Waals surface area contributed by atoms with Gasteiger partial charge in [-0.2, -0.15) is 0 Å². The fourth-order valence-electron chi connectivity index (χ4n) is 3.57. The quantitative estimate of drug-likeness (QED) is 0.858. The van der Waals surface area contributed by atoms with Crippen LogP contribution in [0.2, 0.25) is 0 Å². The van der Waals surface area contributed by atoms with Crippen molar-refractivity contribution in [1.82, 2.24) is 15.1 Å². The molecule has 2 aliphatic heterocycles. The first-order chi connectivity index (χ1) is 9.13. The standard InChI is InChI=1S/C17H35N3/c1-16(2,3)18-15-12-19(13-15)11-14-7-9-20(10-8-14)17(4,5)6/h14-15,18H,7-13H2,1-6H3. The van der Waals surface area contributed by atoms with Crippen molar-refractivity contribution < 1.29 is 0 Å². The Bertz CT molecular complexity index is 299. The van der Waals surface area contributed by atoms with Crippen LogP contribution in [0.3, 0.4) is 0 Å². The van der Waals surface area contributed by atoms with Crippen molar-refractivity contribution in [2.24, 2.45) is 5.92 Å². The Morgan fingerprint density at radius 1 is 0.950 bits per heavy atom. The van der Waals surface area contributed by atoms with Gasteiger partial charge in [0.1, 0.15) is 0 Å². The molecule has 0 atom stereocenters. The van der Waals surface area contributed by atoms with Crippen LogP contribution in [0.1, 0.15) is 54.4 Å². The smallest absolute Gasteiger partial charge is 0.0327 e. The lowest BCUT2D eigenvalue weighted by Gasteiger charge is -2.46. The molecular formula is C17H35N3. The molecule has 0 bridgehead atoms. The fraction of sp³-hybridized carbons (Fsp3) is 1.00. The van der Waals surface area contributed by atoms with Gasteiger partial charge in [0.25, 0.3) is 0 Å². The average Bonchev–Trinajstić information content (AvgIpc) is 2.24. The lowest BCUT2D eigenvalue weighted by Crippen LogP contribution is -2.62. The van der Waals surface area contributed by atoms with Gasteiger partial charge < -0.3 is 5.32 Å². The molecule has 0 aromatic carbocycles. The van der Waals surface area contributed by atoms with E-state index in [-0.39, 0.29) is 5.54 Å². The molecule has 2 saturated heterocycles. The van der Waals surface area contributed by atoms with E-state index in [2.05, 4.69) is 56.7 Å². The van der Waals surface area contributed by atoms with E-state index in [9.17, 15) is 0 Å². The summed E-state index contributed by atoms with van der Waals surface area (Å²) in [4.78, 5) is 5.28. The molecule has 2 rings (SSSR count). The molecule has 2 aliphatic rings. The summed E-state index contributed by atoms with van der Waals surface area (Å²) in [6, 6.07) is 0.713. The van der Waals surface area contributed by atoms with Crippen LogP contribution in [-0.4, -0.2) is 59.6 Å². The van der Waals surface area contributed by atoms with Crippen molar-refractivity contribution >= 4 is 0 Å². The summed E-state index contributed by atoms with van der Waals surface area (Å²) in [5.41, 5.74) is 0.609. The number of rotatable bonds is 3. The Balaban J connectivity index is 1.63. The molecule has 3 nitrogen and oxygen atoms in total. The van der Waals surface area contributed by atoms with Crippen molar-refractivity contribution in [2.75, 3.05) is 32.7 Å². The zero-order valence-electron chi connectivity index (χ0n) is 14.5. The summed E-state index contributed by atoms with van der Waals surface area (Å²) in [5.74, 6) is 0.921. The maximum Gasteiger partial charge on any atom is 0.0327 e. The van der Waals surface area contributed by atoms with E-state index < -0.39 is 0 Å². The highest BCUT2D eigenvalue weighted by Gasteiger charge is 2.33. The fourth-order valence-corrected chi connectivity index (χ4v) is 3.57. The normalized spacial score (nSPS) is 24.9. The van der Waals surface area contributed by atoms with Gasteiger partial charge in [0, 0.05) is 36.8 Å². The molecule has 0 aliphatic carbocycles. The van der Waals surface area contributed by atoms with Crippen LogP contribution in [0.4, 0.5) is 0 Å². The predicted octanol–water partition coefficient (Wildman–Crippen LogP) is 2.57. The van der Waals surface area contributed by atoms with E-state index in [1.807, 2.05) is 0 Å². The Labute approximate surface area is 126 Å². The molecule has 1 N–H and O–H groups in total. The molecule has 2 heterocycles. The zero-order chi connectivity index (χ0) is 15.0. The number of nitrogens with one attached hydrogen (secondary N) is 1. The van der Waals surface area contributed by atoms with E-state index in [0.29, 0.717) is 11.6 Å². The number of nitrogens with zero attached hydrogens (tertiary/aromatic N) is 2. The number of piperidine rings is 1. The van der Waals surface area contributed by atoms with Gasteiger partial charge in [-0.15, -0.1) is 0 Å². The number of hydrogen-bond donors (Lipinski definition) is 1. The van der Waals surface area contributed by atoms with Crippen molar-refractivity contribution in [1.29, 1.82) is 0 Å². The van der Waals surface area contributed by atoms with Crippen molar-refractivity contribution in [3.63, 3.8) is 0 Å². The molecule has 0 unspecified atom stereocenters. The Hall–Kier alpha value is -0.120. The highest BCUT2D eigenvalue weighted by atomic mass is 15.3. The van der Waals surface area contributed by atoms with Crippen molar-refractivity contribution in [3.8, 4) is 0 Å². The van der Waals surface area contributed by atoms with Crippen molar-refractivity contribution in [3.05, 3.63) is 0 Å². The highest BCUT2D eigenvalue weighted by Crippen LogP contribution is 2.25. The van der Waals surface area contributed by atoms with E-state index >= 15 is 0 Å². The second-order valence-corrected chi connectivity index (χ2v) is 8.91.